The minimum Gasteiger partial charge on any atom is -0.334 e. The monoisotopic (exact) mass is 305 g/mol. The Hall–Kier alpha value is -1.65. The molecule has 1 aromatic carbocycles. The molecule has 0 aliphatic heterocycles. The summed E-state index contributed by atoms with van der Waals surface area (Å²) in [7, 11) is 0. The van der Waals surface area contributed by atoms with Crippen LogP contribution in [0.1, 0.15) is 37.6 Å². The Bertz CT molecular complexity index is 619. The van der Waals surface area contributed by atoms with Crippen molar-refractivity contribution >= 4 is 18.5 Å². The molecule has 0 spiro atoms. The smallest absolute Gasteiger partial charge is 0.250 e. The molecule has 1 aliphatic carbocycles. The van der Waals surface area contributed by atoms with E-state index in [1.165, 1.54) is 12.0 Å². The molecular weight excluding hydrogens is 286 g/mol. The molecule has 2 aromatic rings. The molecule has 112 valence electrons. The molecule has 3 rings (SSSR count). The van der Waals surface area contributed by atoms with Gasteiger partial charge in [-0.25, -0.2) is 0 Å². The number of nitrogens with two attached hydrogens (primary N) is 1. The van der Waals surface area contributed by atoms with Crippen molar-refractivity contribution < 1.29 is 4.52 Å². The molecule has 2 N–H and O–H groups in total. The van der Waals surface area contributed by atoms with Crippen molar-refractivity contribution in [1.82, 2.24) is 10.1 Å². The SMILES string of the molecule is CC1CC/C(=C/c2nc(-c3ccc(CN)cc3)no2)C1.Cl. The third-order valence-corrected chi connectivity index (χ3v) is 3.79. The average molecular weight is 306 g/mol. The molecule has 0 saturated heterocycles. The van der Waals surface area contributed by atoms with Crippen LogP contribution in [-0.2, 0) is 6.54 Å². The maximum Gasteiger partial charge on any atom is 0.250 e. The fourth-order valence-corrected chi connectivity index (χ4v) is 2.59. The van der Waals surface area contributed by atoms with E-state index in [-0.39, 0.29) is 12.4 Å². The van der Waals surface area contributed by atoms with Crippen LogP contribution in [0.5, 0.6) is 0 Å². The zero-order valence-corrected chi connectivity index (χ0v) is 12.9. The van der Waals surface area contributed by atoms with E-state index >= 15 is 0 Å². The molecule has 0 amide bonds. The van der Waals surface area contributed by atoms with Gasteiger partial charge in [0.2, 0.25) is 5.82 Å². The quantitative estimate of drug-likeness (QED) is 0.936. The van der Waals surface area contributed by atoms with Crippen LogP contribution in [0.4, 0.5) is 0 Å². The van der Waals surface area contributed by atoms with Crippen LogP contribution in [0, 0.1) is 5.92 Å². The van der Waals surface area contributed by atoms with Crippen LogP contribution < -0.4 is 5.73 Å². The summed E-state index contributed by atoms with van der Waals surface area (Å²) in [6, 6.07) is 7.92. The summed E-state index contributed by atoms with van der Waals surface area (Å²) in [4.78, 5) is 4.44. The van der Waals surface area contributed by atoms with E-state index in [2.05, 4.69) is 17.1 Å². The van der Waals surface area contributed by atoms with Crippen molar-refractivity contribution in [2.24, 2.45) is 11.7 Å². The number of halogens is 1. The first-order chi connectivity index (χ1) is 9.74. The molecule has 1 saturated carbocycles. The van der Waals surface area contributed by atoms with Gasteiger partial charge >= 0.3 is 0 Å². The fraction of sp³-hybridized carbons (Fsp3) is 0.375. The number of benzene rings is 1. The van der Waals surface area contributed by atoms with E-state index in [0.29, 0.717) is 18.3 Å². The first-order valence-corrected chi connectivity index (χ1v) is 7.07. The van der Waals surface area contributed by atoms with Crippen LogP contribution in [-0.4, -0.2) is 10.1 Å². The number of allylic oxidation sites excluding steroid dienone is 1. The normalized spacial score (nSPS) is 19.7. The number of rotatable bonds is 3. The molecule has 4 nitrogen and oxygen atoms in total. The van der Waals surface area contributed by atoms with Crippen molar-refractivity contribution in [3.63, 3.8) is 0 Å². The highest BCUT2D eigenvalue weighted by Gasteiger charge is 2.16. The summed E-state index contributed by atoms with van der Waals surface area (Å²) >= 11 is 0. The Kier molecular flexibility index (Phi) is 5.15. The topological polar surface area (TPSA) is 64.9 Å². The van der Waals surface area contributed by atoms with Crippen LogP contribution in [0.3, 0.4) is 0 Å². The molecule has 0 radical (unpaired) electrons. The number of hydrogen-bond donors (Lipinski definition) is 1. The Morgan fingerprint density at radius 1 is 1.33 bits per heavy atom. The fourth-order valence-electron chi connectivity index (χ4n) is 2.59. The van der Waals surface area contributed by atoms with Crippen molar-refractivity contribution in [3.05, 3.63) is 41.3 Å². The highest BCUT2D eigenvalue weighted by atomic mass is 35.5. The molecule has 1 aromatic heterocycles. The number of aromatic nitrogens is 2. The summed E-state index contributed by atoms with van der Waals surface area (Å²) in [6.07, 6.45) is 5.58. The lowest BCUT2D eigenvalue weighted by Gasteiger charge is -1.97. The molecule has 1 atom stereocenters. The third kappa shape index (κ3) is 3.71. The van der Waals surface area contributed by atoms with Crippen molar-refractivity contribution in [2.45, 2.75) is 32.7 Å². The Labute approximate surface area is 130 Å². The van der Waals surface area contributed by atoms with Gasteiger partial charge in [0.1, 0.15) is 0 Å². The summed E-state index contributed by atoms with van der Waals surface area (Å²) in [5.41, 5.74) is 9.05. The van der Waals surface area contributed by atoms with Gasteiger partial charge in [-0.05, 0) is 30.7 Å². The minimum atomic E-state index is 0. The number of nitrogens with zero attached hydrogens (tertiary/aromatic N) is 2. The van der Waals surface area contributed by atoms with Gasteiger partial charge in [0.25, 0.3) is 5.89 Å². The first-order valence-electron chi connectivity index (χ1n) is 7.07. The second-order valence-corrected chi connectivity index (χ2v) is 5.51. The van der Waals surface area contributed by atoms with Gasteiger partial charge < -0.3 is 10.3 Å². The highest BCUT2D eigenvalue weighted by molar-refractivity contribution is 5.85. The molecule has 21 heavy (non-hydrogen) atoms. The van der Waals surface area contributed by atoms with Gasteiger partial charge in [-0.2, -0.15) is 4.98 Å². The van der Waals surface area contributed by atoms with E-state index < -0.39 is 0 Å². The largest absolute Gasteiger partial charge is 0.334 e. The summed E-state index contributed by atoms with van der Waals surface area (Å²) < 4.78 is 5.31. The maximum absolute atomic E-state index is 5.59. The molecule has 1 aliphatic rings. The van der Waals surface area contributed by atoms with Crippen molar-refractivity contribution in [1.29, 1.82) is 0 Å². The Morgan fingerprint density at radius 3 is 2.71 bits per heavy atom. The molecule has 1 unspecified atom stereocenters. The van der Waals surface area contributed by atoms with Gasteiger partial charge in [-0.3, -0.25) is 0 Å². The molecule has 1 heterocycles. The second-order valence-electron chi connectivity index (χ2n) is 5.51. The van der Waals surface area contributed by atoms with Gasteiger partial charge in [0.05, 0.1) is 0 Å². The maximum atomic E-state index is 5.59. The molecule has 1 fully saturated rings. The Morgan fingerprint density at radius 2 is 2.10 bits per heavy atom. The summed E-state index contributed by atoms with van der Waals surface area (Å²) in [6.45, 7) is 2.82. The average Bonchev–Trinajstić information content (AvgIpc) is 3.09. The minimum absolute atomic E-state index is 0. The van der Waals surface area contributed by atoms with E-state index in [0.717, 1.165) is 29.9 Å². The predicted octanol–water partition coefficient (Wildman–Crippen LogP) is 3.82. The Balaban J connectivity index is 0.00000161. The summed E-state index contributed by atoms with van der Waals surface area (Å²) in [5.74, 6) is 2.01. The lowest BCUT2D eigenvalue weighted by molar-refractivity contribution is 0.410. The molecule has 0 bridgehead atoms. The van der Waals surface area contributed by atoms with Gasteiger partial charge in [0, 0.05) is 18.2 Å². The van der Waals surface area contributed by atoms with Gasteiger partial charge in [-0.15, -0.1) is 12.4 Å². The van der Waals surface area contributed by atoms with Crippen LogP contribution in [0.15, 0.2) is 34.4 Å². The molecular formula is C16H20ClN3O. The zero-order chi connectivity index (χ0) is 13.9. The van der Waals surface area contributed by atoms with E-state index in [1.807, 2.05) is 30.3 Å². The van der Waals surface area contributed by atoms with Gasteiger partial charge in [0.15, 0.2) is 0 Å². The molecule has 5 heteroatoms. The van der Waals surface area contributed by atoms with Crippen LogP contribution >= 0.6 is 12.4 Å². The van der Waals surface area contributed by atoms with Crippen molar-refractivity contribution in [2.75, 3.05) is 0 Å². The van der Waals surface area contributed by atoms with Gasteiger partial charge in [-0.1, -0.05) is 41.9 Å². The van der Waals surface area contributed by atoms with E-state index in [9.17, 15) is 0 Å². The third-order valence-electron chi connectivity index (χ3n) is 3.79. The predicted molar refractivity (Wildman–Crippen MR) is 85.9 cm³/mol. The summed E-state index contributed by atoms with van der Waals surface area (Å²) in [5, 5.41) is 4.04. The first kappa shape index (κ1) is 15.7. The van der Waals surface area contributed by atoms with E-state index in [4.69, 9.17) is 10.3 Å². The lowest BCUT2D eigenvalue weighted by Crippen LogP contribution is -1.95. The lowest BCUT2D eigenvalue weighted by atomic mass is 10.1. The highest BCUT2D eigenvalue weighted by Crippen LogP contribution is 2.31. The van der Waals surface area contributed by atoms with E-state index in [1.54, 1.807) is 0 Å². The second kappa shape index (κ2) is 6.87. The van der Waals surface area contributed by atoms with Crippen molar-refractivity contribution in [3.8, 4) is 11.4 Å². The van der Waals surface area contributed by atoms with Crippen LogP contribution in [0.25, 0.3) is 17.5 Å². The standard InChI is InChI=1S/C16H19N3O.ClH/c1-11-2-3-13(8-11)9-15-18-16(19-20-15)14-6-4-12(10-17)5-7-14;/h4-7,9,11H,2-3,8,10,17H2,1H3;1H/b13-9-;. The van der Waals surface area contributed by atoms with Crippen LogP contribution in [0.2, 0.25) is 0 Å². The number of hydrogen-bond acceptors (Lipinski definition) is 4. The zero-order valence-electron chi connectivity index (χ0n) is 12.1.